The summed E-state index contributed by atoms with van der Waals surface area (Å²) in [7, 11) is 0. The summed E-state index contributed by atoms with van der Waals surface area (Å²) in [6.07, 6.45) is 1.66. The number of aliphatic hydroxyl groups excluding tert-OH is 1. The van der Waals surface area contributed by atoms with Crippen LogP contribution >= 0.6 is 23.2 Å². The minimum Gasteiger partial charge on any atom is -0.392 e. The lowest BCUT2D eigenvalue weighted by Crippen LogP contribution is -1.90. The molecule has 16 heavy (non-hydrogen) atoms. The van der Waals surface area contributed by atoms with E-state index in [2.05, 4.69) is 4.98 Å². The fraction of sp³-hybridized carbons (Fsp3) is 0.0833. The van der Waals surface area contributed by atoms with E-state index in [1.807, 2.05) is 6.07 Å². The van der Waals surface area contributed by atoms with Gasteiger partial charge in [-0.05, 0) is 35.4 Å². The minimum atomic E-state index is -0.0326. The van der Waals surface area contributed by atoms with Gasteiger partial charge >= 0.3 is 0 Å². The molecule has 0 aliphatic carbocycles. The Bertz CT molecular complexity index is 497. The van der Waals surface area contributed by atoms with Crippen LogP contribution in [0.25, 0.3) is 11.1 Å². The quantitative estimate of drug-likeness (QED) is 0.831. The number of halogens is 2. The molecule has 0 aliphatic rings. The second kappa shape index (κ2) is 4.83. The molecule has 1 N–H and O–H groups in total. The Balaban J connectivity index is 2.53. The lowest BCUT2D eigenvalue weighted by atomic mass is 10.0. The van der Waals surface area contributed by atoms with Crippen LogP contribution in [0.3, 0.4) is 0 Å². The Morgan fingerprint density at radius 3 is 2.56 bits per heavy atom. The molecule has 0 saturated heterocycles. The number of benzene rings is 1. The van der Waals surface area contributed by atoms with E-state index in [4.69, 9.17) is 23.2 Å². The number of aromatic nitrogens is 1. The van der Waals surface area contributed by atoms with Gasteiger partial charge in [-0.2, -0.15) is 0 Å². The first-order valence-corrected chi connectivity index (χ1v) is 5.47. The van der Waals surface area contributed by atoms with E-state index in [0.717, 1.165) is 16.7 Å². The van der Waals surface area contributed by atoms with Gasteiger partial charge in [0.1, 0.15) is 5.15 Å². The van der Waals surface area contributed by atoms with Crippen molar-refractivity contribution in [3.05, 3.63) is 52.3 Å². The van der Waals surface area contributed by atoms with Crippen LogP contribution in [0.2, 0.25) is 10.2 Å². The molecule has 4 heteroatoms. The van der Waals surface area contributed by atoms with Crippen molar-refractivity contribution >= 4 is 23.2 Å². The van der Waals surface area contributed by atoms with Gasteiger partial charge in [0.15, 0.2) is 0 Å². The summed E-state index contributed by atoms with van der Waals surface area (Å²) in [6, 6.07) is 8.91. The minimum absolute atomic E-state index is 0.0326. The Morgan fingerprint density at radius 2 is 1.94 bits per heavy atom. The zero-order chi connectivity index (χ0) is 11.5. The summed E-state index contributed by atoms with van der Waals surface area (Å²) in [6.45, 7) is -0.0326. The largest absolute Gasteiger partial charge is 0.392 e. The highest BCUT2D eigenvalue weighted by Crippen LogP contribution is 2.27. The predicted molar refractivity (Wildman–Crippen MR) is 65.6 cm³/mol. The number of nitrogens with zero attached hydrogens (tertiary/aromatic N) is 1. The van der Waals surface area contributed by atoms with E-state index in [1.54, 1.807) is 30.5 Å². The SMILES string of the molecule is OCc1ccc(Cl)cc1-c1ccc(Cl)nc1. The molecule has 1 aromatic carbocycles. The van der Waals surface area contributed by atoms with Crippen molar-refractivity contribution in [2.75, 3.05) is 0 Å². The maximum Gasteiger partial charge on any atom is 0.129 e. The van der Waals surface area contributed by atoms with Crippen molar-refractivity contribution in [2.24, 2.45) is 0 Å². The average Bonchev–Trinajstić information content (AvgIpc) is 2.30. The molecule has 0 unspecified atom stereocenters. The first-order chi connectivity index (χ1) is 7.70. The van der Waals surface area contributed by atoms with E-state index in [0.29, 0.717) is 10.2 Å². The summed E-state index contributed by atoms with van der Waals surface area (Å²) in [5.74, 6) is 0. The highest BCUT2D eigenvalue weighted by Gasteiger charge is 2.05. The summed E-state index contributed by atoms with van der Waals surface area (Å²) >= 11 is 11.6. The summed E-state index contributed by atoms with van der Waals surface area (Å²) in [5.41, 5.74) is 2.57. The smallest absolute Gasteiger partial charge is 0.129 e. The van der Waals surface area contributed by atoms with Gasteiger partial charge in [-0.1, -0.05) is 29.3 Å². The maximum atomic E-state index is 9.24. The number of hydrogen-bond donors (Lipinski definition) is 1. The van der Waals surface area contributed by atoms with Gasteiger partial charge < -0.3 is 5.11 Å². The Hall–Kier alpha value is -1.09. The molecule has 0 atom stereocenters. The van der Waals surface area contributed by atoms with Crippen molar-refractivity contribution in [1.29, 1.82) is 0 Å². The normalized spacial score (nSPS) is 10.4. The zero-order valence-corrected chi connectivity index (χ0v) is 9.83. The van der Waals surface area contributed by atoms with Gasteiger partial charge in [-0.3, -0.25) is 0 Å². The Kier molecular flexibility index (Phi) is 3.44. The van der Waals surface area contributed by atoms with E-state index < -0.39 is 0 Å². The molecule has 0 saturated carbocycles. The van der Waals surface area contributed by atoms with Gasteiger partial charge in [0.2, 0.25) is 0 Å². The lowest BCUT2D eigenvalue weighted by molar-refractivity contribution is 0.282. The summed E-state index contributed by atoms with van der Waals surface area (Å²) in [4.78, 5) is 4.00. The molecular weight excluding hydrogens is 245 g/mol. The summed E-state index contributed by atoms with van der Waals surface area (Å²) in [5, 5.41) is 10.3. The molecular formula is C12H9Cl2NO. The van der Waals surface area contributed by atoms with Crippen molar-refractivity contribution in [3.8, 4) is 11.1 Å². The molecule has 2 aromatic rings. The Morgan fingerprint density at radius 1 is 1.12 bits per heavy atom. The highest BCUT2D eigenvalue weighted by atomic mass is 35.5. The molecule has 2 rings (SSSR count). The first kappa shape index (κ1) is 11.4. The van der Waals surface area contributed by atoms with Crippen LogP contribution < -0.4 is 0 Å². The molecule has 0 radical (unpaired) electrons. The third-order valence-electron chi connectivity index (χ3n) is 2.28. The summed E-state index contributed by atoms with van der Waals surface area (Å²) < 4.78 is 0. The van der Waals surface area contributed by atoms with Crippen molar-refractivity contribution in [1.82, 2.24) is 4.98 Å². The van der Waals surface area contributed by atoms with Crippen LogP contribution in [-0.2, 0) is 6.61 Å². The van der Waals surface area contributed by atoms with Crippen LogP contribution in [0.15, 0.2) is 36.5 Å². The van der Waals surface area contributed by atoms with Gasteiger partial charge in [0, 0.05) is 16.8 Å². The van der Waals surface area contributed by atoms with Gasteiger partial charge in [0.05, 0.1) is 6.61 Å². The third-order valence-corrected chi connectivity index (χ3v) is 2.74. The standard InChI is InChI=1S/C12H9Cl2NO/c13-10-3-1-9(7-16)11(5-10)8-2-4-12(14)15-6-8/h1-6,16H,7H2. The van der Waals surface area contributed by atoms with E-state index >= 15 is 0 Å². The van der Waals surface area contributed by atoms with Crippen molar-refractivity contribution in [2.45, 2.75) is 6.61 Å². The molecule has 82 valence electrons. The van der Waals surface area contributed by atoms with Crippen LogP contribution in [0, 0.1) is 0 Å². The lowest BCUT2D eigenvalue weighted by Gasteiger charge is -2.07. The zero-order valence-electron chi connectivity index (χ0n) is 8.32. The number of hydrogen-bond acceptors (Lipinski definition) is 2. The van der Waals surface area contributed by atoms with Crippen LogP contribution in [-0.4, -0.2) is 10.1 Å². The number of aliphatic hydroxyl groups is 1. The molecule has 2 nitrogen and oxygen atoms in total. The fourth-order valence-corrected chi connectivity index (χ4v) is 1.77. The monoisotopic (exact) mass is 253 g/mol. The van der Waals surface area contributed by atoms with E-state index in [9.17, 15) is 5.11 Å². The van der Waals surface area contributed by atoms with Gasteiger partial charge in [-0.15, -0.1) is 0 Å². The number of pyridine rings is 1. The number of rotatable bonds is 2. The molecule has 1 heterocycles. The molecule has 0 bridgehead atoms. The van der Waals surface area contributed by atoms with Crippen LogP contribution in [0.1, 0.15) is 5.56 Å². The van der Waals surface area contributed by atoms with Crippen molar-refractivity contribution in [3.63, 3.8) is 0 Å². The fourth-order valence-electron chi connectivity index (χ4n) is 1.49. The average molecular weight is 254 g/mol. The van der Waals surface area contributed by atoms with Crippen molar-refractivity contribution < 1.29 is 5.11 Å². The van der Waals surface area contributed by atoms with E-state index in [1.165, 1.54) is 0 Å². The van der Waals surface area contributed by atoms with Gasteiger partial charge in [-0.25, -0.2) is 4.98 Å². The van der Waals surface area contributed by atoms with E-state index in [-0.39, 0.29) is 6.61 Å². The second-order valence-corrected chi connectivity index (χ2v) is 4.15. The molecule has 1 aromatic heterocycles. The predicted octanol–water partition coefficient (Wildman–Crippen LogP) is 3.55. The second-order valence-electron chi connectivity index (χ2n) is 3.33. The molecule has 0 aliphatic heterocycles. The third kappa shape index (κ3) is 2.35. The van der Waals surface area contributed by atoms with Crippen LogP contribution in [0.5, 0.6) is 0 Å². The Labute approximate surface area is 103 Å². The topological polar surface area (TPSA) is 33.1 Å². The molecule has 0 fully saturated rings. The highest BCUT2D eigenvalue weighted by molar-refractivity contribution is 6.31. The maximum absolute atomic E-state index is 9.24. The van der Waals surface area contributed by atoms with Crippen LogP contribution in [0.4, 0.5) is 0 Å². The van der Waals surface area contributed by atoms with Gasteiger partial charge in [0.25, 0.3) is 0 Å². The molecule has 0 amide bonds. The molecule has 0 spiro atoms. The first-order valence-electron chi connectivity index (χ1n) is 4.72.